The fraction of sp³-hybridized carbons (Fsp3) is 0.238. The quantitative estimate of drug-likeness (QED) is 0.265. The van der Waals surface area contributed by atoms with E-state index in [0.717, 1.165) is 20.0 Å². The van der Waals surface area contributed by atoms with Crippen molar-refractivity contribution in [1.82, 2.24) is 15.6 Å². The molecule has 0 unspecified atom stereocenters. The number of benzene rings is 2. The number of aromatic nitrogens is 2. The van der Waals surface area contributed by atoms with Crippen LogP contribution in [-0.4, -0.2) is 42.3 Å². The van der Waals surface area contributed by atoms with Gasteiger partial charge in [0.15, 0.2) is 8.68 Å². The molecular formula is C21H22N4O3S3. The van der Waals surface area contributed by atoms with Gasteiger partial charge in [0.25, 0.3) is 5.91 Å². The summed E-state index contributed by atoms with van der Waals surface area (Å²) < 4.78 is 12.1. The summed E-state index contributed by atoms with van der Waals surface area (Å²) in [6, 6.07) is 13.8. The number of hydrazone groups is 1. The van der Waals surface area contributed by atoms with Crippen molar-refractivity contribution in [2.24, 2.45) is 5.10 Å². The molecule has 0 spiro atoms. The van der Waals surface area contributed by atoms with Crippen molar-refractivity contribution in [1.29, 1.82) is 0 Å². The second-order valence-corrected chi connectivity index (χ2v) is 9.72. The first-order valence-electron chi connectivity index (χ1n) is 9.26. The summed E-state index contributed by atoms with van der Waals surface area (Å²) in [6.07, 6.45) is 1.53. The van der Waals surface area contributed by atoms with E-state index >= 15 is 0 Å². The molecule has 0 aliphatic heterocycles. The first-order valence-corrected chi connectivity index (χ1v) is 12.0. The molecule has 1 heterocycles. The summed E-state index contributed by atoms with van der Waals surface area (Å²) in [5, 5.41) is 12.3. The molecule has 3 aromatic rings. The van der Waals surface area contributed by atoms with Crippen LogP contribution in [0, 0.1) is 6.92 Å². The van der Waals surface area contributed by atoms with Crippen LogP contribution < -0.4 is 14.9 Å². The van der Waals surface area contributed by atoms with Crippen LogP contribution in [-0.2, 0) is 10.5 Å². The number of amides is 1. The fourth-order valence-corrected chi connectivity index (χ4v) is 5.17. The molecular weight excluding hydrogens is 452 g/mol. The first kappa shape index (κ1) is 23.1. The summed E-state index contributed by atoms with van der Waals surface area (Å²) in [4.78, 5) is 12.1. The van der Waals surface area contributed by atoms with Crippen LogP contribution in [0.2, 0.25) is 0 Å². The Morgan fingerprint density at radius 1 is 1.10 bits per heavy atom. The van der Waals surface area contributed by atoms with Gasteiger partial charge in [0, 0.05) is 17.4 Å². The number of nitrogens with zero attached hydrogens (tertiary/aromatic N) is 3. The van der Waals surface area contributed by atoms with Crippen molar-refractivity contribution in [2.45, 2.75) is 21.4 Å². The van der Waals surface area contributed by atoms with Crippen molar-refractivity contribution in [2.75, 3.05) is 20.0 Å². The smallest absolute Gasteiger partial charge is 0.250 e. The van der Waals surface area contributed by atoms with Gasteiger partial charge in [-0.15, -0.1) is 10.2 Å². The lowest BCUT2D eigenvalue weighted by Gasteiger charge is -2.06. The highest BCUT2D eigenvalue weighted by Crippen LogP contribution is 2.30. The number of thioether (sulfide) groups is 2. The maximum absolute atomic E-state index is 12.1. The average Bonchev–Trinajstić information content (AvgIpc) is 3.25. The normalized spacial score (nSPS) is 10.9. The van der Waals surface area contributed by atoms with Crippen LogP contribution in [0.4, 0.5) is 0 Å². The SMILES string of the molecule is COc1ccc(/C=N\NC(=O)CSc2nnc(SCc3ccc(C)cc3)s2)c(OC)c1. The Kier molecular flexibility index (Phi) is 8.74. The molecule has 7 nitrogen and oxygen atoms in total. The molecule has 2 aromatic carbocycles. The third-order valence-electron chi connectivity index (χ3n) is 4.03. The number of carbonyl (C=O) groups excluding carboxylic acids is 1. The van der Waals surface area contributed by atoms with Gasteiger partial charge in [-0.2, -0.15) is 5.10 Å². The highest BCUT2D eigenvalue weighted by atomic mass is 32.2. The largest absolute Gasteiger partial charge is 0.497 e. The topological polar surface area (TPSA) is 85.7 Å². The van der Waals surface area contributed by atoms with Crippen LogP contribution in [0.5, 0.6) is 11.5 Å². The molecule has 1 amide bonds. The molecule has 3 rings (SSSR count). The Bertz CT molecular complexity index is 1040. The maximum Gasteiger partial charge on any atom is 0.250 e. The number of methoxy groups -OCH3 is 2. The van der Waals surface area contributed by atoms with E-state index in [9.17, 15) is 4.79 Å². The average molecular weight is 475 g/mol. The second kappa shape index (κ2) is 11.7. The van der Waals surface area contributed by atoms with Gasteiger partial charge in [-0.3, -0.25) is 4.79 Å². The Morgan fingerprint density at radius 2 is 1.84 bits per heavy atom. The van der Waals surface area contributed by atoms with Crippen LogP contribution >= 0.6 is 34.9 Å². The summed E-state index contributed by atoms with van der Waals surface area (Å²) in [5.74, 6) is 2.11. The molecule has 0 aliphatic carbocycles. The van der Waals surface area contributed by atoms with Gasteiger partial charge >= 0.3 is 0 Å². The molecule has 1 aromatic heterocycles. The lowest BCUT2D eigenvalue weighted by atomic mass is 10.2. The molecule has 1 N–H and O–H groups in total. The van der Waals surface area contributed by atoms with Gasteiger partial charge in [0.1, 0.15) is 11.5 Å². The Morgan fingerprint density at radius 3 is 2.55 bits per heavy atom. The molecule has 31 heavy (non-hydrogen) atoms. The van der Waals surface area contributed by atoms with Crippen molar-refractivity contribution < 1.29 is 14.3 Å². The van der Waals surface area contributed by atoms with Gasteiger partial charge in [-0.1, -0.05) is 64.7 Å². The van der Waals surface area contributed by atoms with Gasteiger partial charge in [0.05, 0.1) is 26.2 Å². The van der Waals surface area contributed by atoms with Crippen molar-refractivity contribution in [3.05, 3.63) is 59.2 Å². The van der Waals surface area contributed by atoms with E-state index < -0.39 is 0 Å². The Balaban J connectivity index is 1.43. The number of rotatable bonds is 10. The maximum atomic E-state index is 12.1. The van der Waals surface area contributed by atoms with Gasteiger partial charge in [0.2, 0.25) is 0 Å². The lowest BCUT2D eigenvalue weighted by molar-refractivity contribution is -0.118. The minimum Gasteiger partial charge on any atom is -0.497 e. The van der Waals surface area contributed by atoms with Crippen LogP contribution in [0.1, 0.15) is 16.7 Å². The van der Waals surface area contributed by atoms with Crippen LogP contribution in [0.25, 0.3) is 0 Å². The summed E-state index contributed by atoms with van der Waals surface area (Å²) in [5.41, 5.74) is 5.73. The predicted octanol–water partition coefficient (Wildman–Crippen LogP) is 4.40. The molecule has 0 bridgehead atoms. The van der Waals surface area contributed by atoms with Crippen LogP contribution in [0.15, 0.2) is 56.2 Å². The third-order valence-corrected chi connectivity index (χ3v) is 7.29. The van der Waals surface area contributed by atoms with E-state index in [1.54, 1.807) is 44.2 Å². The van der Waals surface area contributed by atoms with Crippen molar-refractivity contribution >= 4 is 47.0 Å². The summed E-state index contributed by atoms with van der Waals surface area (Å²) in [6.45, 7) is 2.07. The minimum atomic E-state index is -0.224. The molecule has 162 valence electrons. The summed E-state index contributed by atoms with van der Waals surface area (Å²) in [7, 11) is 3.15. The molecule has 0 radical (unpaired) electrons. The molecule has 0 saturated heterocycles. The molecule has 0 atom stereocenters. The minimum absolute atomic E-state index is 0.203. The first-order chi connectivity index (χ1) is 15.1. The second-order valence-electron chi connectivity index (χ2n) is 6.30. The Hall–Kier alpha value is -2.56. The number of carbonyl (C=O) groups is 1. The third kappa shape index (κ3) is 7.27. The number of hydrogen-bond acceptors (Lipinski definition) is 9. The zero-order valence-corrected chi connectivity index (χ0v) is 19.8. The van der Waals surface area contributed by atoms with Crippen LogP contribution in [0.3, 0.4) is 0 Å². The Labute approximate surface area is 193 Å². The zero-order chi connectivity index (χ0) is 22.1. The number of hydrogen-bond donors (Lipinski definition) is 1. The summed E-state index contributed by atoms with van der Waals surface area (Å²) >= 11 is 4.46. The molecule has 0 fully saturated rings. The van der Waals surface area contributed by atoms with E-state index in [0.29, 0.717) is 11.5 Å². The molecule has 10 heteroatoms. The van der Waals surface area contributed by atoms with Crippen molar-refractivity contribution in [3.63, 3.8) is 0 Å². The fourth-order valence-electron chi connectivity index (χ4n) is 2.40. The van der Waals surface area contributed by atoms with Gasteiger partial charge in [-0.05, 0) is 24.6 Å². The standard InChI is InChI=1S/C21H22N4O3S3/c1-14-4-6-15(7-5-14)12-29-20-24-25-21(31-20)30-13-19(26)23-22-11-16-8-9-17(27-2)10-18(16)28-3/h4-11H,12-13H2,1-3H3,(H,23,26)/b22-11-. The number of ether oxygens (including phenoxy) is 2. The lowest BCUT2D eigenvalue weighted by Crippen LogP contribution is -2.19. The van der Waals surface area contributed by atoms with E-state index in [4.69, 9.17) is 9.47 Å². The van der Waals surface area contributed by atoms with Gasteiger partial charge in [-0.25, -0.2) is 5.43 Å². The zero-order valence-electron chi connectivity index (χ0n) is 17.3. The highest BCUT2D eigenvalue weighted by Gasteiger charge is 2.09. The highest BCUT2D eigenvalue weighted by molar-refractivity contribution is 8.03. The van der Waals surface area contributed by atoms with Gasteiger partial charge < -0.3 is 9.47 Å². The van der Waals surface area contributed by atoms with E-state index in [2.05, 4.69) is 51.9 Å². The monoisotopic (exact) mass is 474 g/mol. The van der Waals surface area contributed by atoms with E-state index in [1.807, 2.05) is 0 Å². The number of nitrogens with one attached hydrogen (secondary N) is 1. The van der Waals surface area contributed by atoms with Crippen molar-refractivity contribution in [3.8, 4) is 11.5 Å². The predicted molar refractivity (Wildman–Crippen MR) is 127 cm³/mol. The van der Waals surface area contributed by atoms with E-state index in [-0.39, 0.29) is 11.7 Å². The van der Waals surface area contributed by atoms with E-state index in [1.165, 1.54) is 40.4 Å². The molecule has 0 saturated carbocycles. The number of aryl methyl sites for hydroxylation is 1. The molecule has 0 aliphatic rings.